The van der Waals surface area contributed by atoms with Crippen LogP contribution >= 0.6 is 0 Å². The number of urea groups is 1. The average Bonchev–Trinajstić information content (AvgIpc) is 3.20. The number of likely N-dealkylation sites (tertiary alicyclic amines) is 1. The second-order valence-corrected chi connectivity index (χ2v) is 7.82. The molecular formula is C21H28N4O2. The van der Waals surface area contributed by atoms with E-state index >= 15 is 0 Å². The lowest BCUT2D eigenvalue weighted by Gasteiger charge is -2.44. The molecule has 1 aromatic carbocycles. The number of hydrogen-bond donors (Lipinski definition) is 1. The summed E-state index contributed by atoms with van der Waals surface area (Å²) in [5.74, 6) is 0. The van der Waals surface area contributed by atoms with Gasteiger partial charge in [0.25, 0.3) is 0 Å². The summed E-state index contributed by atoms with van der Waals surface area (Å²) in [6.07, 6.45) is 8.25. The smallest absolute Gasteiger partial charge is 0.317 e. The zero-order valence-corrected chi connectivity index (χ0v) is 15.9. The maximum Gasteiger partial charge on any atom is 0.317 e. The van der Waals surface area contributed by atoms with Gasteiger partial charge in [-0.25, -0.2) is 9.48 Å². The molecule has 1 spiro atoms. The van der Waals surface area contributed by atoms with E-state index in [4.69, 9.17) is 4.74 Å². The molecular weight excluding hydrogens is 340 g/mol. The van der Waals surface area contributed by atoms with Crippen molar-refractivity contribution in [1.29, 1.82) is 0 Å². The van der Waals surface area contributed by atoms with Gasteiger partial charge in [-0.15, -0.1) is 0 Å². The van der Waals surface area contributed by atoms with Gasteiger partial charge in [-0.2, -0.15) is 5.10 Å². The predicted octanol–water partition coefficient (Wildman–Crippen LogP) is 3.54. The first-order valence-corrected chi connectivity index (χ1v) is 9.88. The summed E-state index contributed by atoms with van der Waals surface area (Å²) in [4.78, 5) is 14.6. The lowest BCUT2D eigenvalue weighted by molar-refractivity contribution is -0.0146. The molecule has 2 aromatic rings. The van der Waals surface area contributed by atoms with Gasteiger partial charge in [0, 0.05) is 38.1 Å². The average molecular weight is 368 g/mol. The molecule has 2 aliphatic rings. The van der Waals surface area contributed by atoms with Gasteiger partial charge in [-0.3, -0.25) is 0 Å². The zero-order chi connectivity index (χ0) is 18.7. The van der Waals surface area contributed by atoms with E-state index in [1.165, 1.54) is 0 Å². The van der Waals surface area contributed by atoms with Crippen LogP contribution in [0, 0.1) is 5.41 Å². The molecule has 2 fully saturated rings. The highest BCUT2D eigenvalue weighted by Crippen LogP contribution is 2.40. The van der Waals surface area contributed by atoms with Crippen LogP contribution in [0.15, 0.2) is 42.7 Å². The summed E-state index contributed by atoms with van der Waals surface area (Å²) in [6.45, 7) is 5.42. The van der Waals surface area contributed by atoms with E-state index in [2.05, 4.69) is 10.4 Å². The van der Waals surface area contributed by atoms with Crippen LogP contribution in [0.3, 0.4) is 0 Å². The van der Waals surface area contributed by atoms with E-state index in [0.29, 0.717) is 5.41 Å². The molecule has 3 heterocycles. The molecule has 0 bridgehead atoms. The first-order chi connectivity index (χ1) is 13.2. The molecule has 2 aliphatic heterocycles. The maximum absolute atomic E-state index is 12.7. The Balaban J connectivity index is 1.33. The maximum atomic E-state index is 12.7. The molecule has 1 atom stereocenters. The second kappa shape index (κ2) is 7.72. The number of para-hydroxylation sites is 1. The highest BCUT2D eigenvalue weighted by atomic mass is 16.5. The van der Waals surface area contributed by atoms with Crippen LogP contribution in [0.2, 0.25) is 0 Å². The molecule has 4 rings (SSSR count). The van der Waals surface area contributed by atoms with E-state index < -0.39 is 0 Å². The van der Waals surface area contributed by atoms with Gasteiger partial charge in [-0.1, -0.05) is 18.2 Å². The molecule has 0 saturated carbocycles. The van der Waals surface area contributed by atoms with E-state index in [1.54, 1.807) is 0 Å². The number of rotatable bonds is 3. The summed E-state index contributed by atoms with van der Waals surface area (Å²) >= 11 is 0. The first kappa shape index (κ1) is 18.0. The predicted molar refractivity (Wildman–Crippen MR) is 104 cm³/mol. The Kier molecular flexibility index (Phi) is 5.16. The Bertz CT molecular complexity index is 757. The van der Waals surface area contributed by atoms with Crippen LogP contribution in [-0.4, -0.2) is 47.0 Å². The summed E-state index contributed by atoms with van der Waals surface area (Å²) in [5, 5.41) is 7.56. The lowest BCUT2D eigenvalue weighted by Crippen LogP contribution is -2.49. The van der Waals surface area contributed by atoms with Crippen molar-refractivity contribution in [2.45, 2.75) is 38.6 Å². The highest BCUT2D eigenvalue weighted by molar-refractivity contribution is 5.74. The third-order valence-corrected chi connectivity index (χ3v) is 6.13. The molecule has 6 heteroatoms. The standard InChI is InChI=1S/C21H28N4O2/c1-17(18-15-22-25(16-18)19-5-3-2-4-6-19)23-20(26)24-11-7-21(8-12-24)9-13-27-14-10-21/h2-6,15-17H,7-14H2,1H3,(H,23,26). The van der Waals surface area contributed by atoms with Gasteiger partial charge in [0.05, 0.1) is 17.9 Å². The minimum absolute atomic E-state index is 0.0249. The Morgan fingerprint density at radius 2 is 1.85 bits per heavy atom. The Morgan fingerprint density at radius 3 is 2.56 bits per heavy atom. The summed E-state index contributed by atoms with van der Waals surface area (Å²) in [6, 6.07) is 9.94. The van der Waals surface area contributed by atoms with Crippen LogP contribution in [0.1, 0.15) is 44.2 Å². The van der Waals surface area contributed by atoms with Gasteiger partial charge < -0.3 is 15.0 Å². The van der Waals surface area contributed by atoms with Crippen LogP contribution in [0.5, 0.6) is 0 Å². The summed E-state index contributed by atoms with van der Waals surface area (Å²) in [5.41, 5.74) is 2.42. The van der Waals surface area contributed by atoms with E-state index in [1.807, 2.05) is 59.2 Å². The topological polar surface area (TPSA) is 59.4 Å². The van der Waals surface area contributed by atoms with Crippen molar-refractivity contribution in [3.05, 3.63) is 48.3 Å². The number of hydrogen-bond acceptors (Lipinski definition) is 3. The van der Waals surface area contributed by atoms with Crippen molar-refractivity contribution in [3.8, 4) is 5.69 Å². The molecule has 6 nitrogen and oxygen atoms in total. The monoisotopic (exact) mass is 368 g/mol. The number of amides is 2. The number of ether oxygens (including phenoxy) is 1. The largest absolute Gasteiger partial charge is 0.381 e. The van der Waals surface area contributed by atoms with Gasteiger partial charge in [0.1, 0.15) is 0 Å². The van der Waals surface area contributed by atoms with Gasteiger partial charge in [-0.05, 0) is 50.2 Å². The fraction of sp³-hybridized carbons (Fsp3) is 0.524. The number of carbonyl (C=O) groups is 1. The molecule has 0 aliphatic carbocycles. The minimum atomic E-state index is -0.0751. The molecule has 1 aromatic heterocycles. The molecule has 144 valence electrons. The first-order valence-electron chi connectivity index (χ1n) is 9.88. The van der Waals surface area contributed by atoms with Crippen LogP contribution in [0.4, 0.5) is 4.79 Å². The fourth-order valence-electron chi connectivity index (χ4n) is 4.13. The number of benzene rings is 1. The third-order valence-electron chi connectivity index (χ3n) is 6.13. The van der Waals surface area contributed by atoms with E-state index in [0.717, 1.165) is 63.2 Å². The normalized spacial score (nSPS) is 20.4. The lowest BCUT2D eigenvalue weighted by atomic mass is 9.72. The van der Waals surface area contributed by atoms with Crippen molar-refractivity contribution < 1.29 is 9.53 Å². The van der Waals surface area contributed by atoms with Crippen molar-refractivity contribution in [2.24, 2.45) is 5.41 Å². The van der Waals surface area contributed by atoms with Crippen molar-refractivity contribution in [2.75, 3.05) is 26.3 Å². The number of aromatic nitrogens is 2. The summed E-state index contributed by atoms with van der Waals surface area (Å²) < 4.78 is 7.35. The molecule has 0 radical (unpaired) electrons. The van der Waals surface area contributed by atoms with Crippen LogP contribution in [-0.2, 0) is 4.74 Å². The molecule has 2 saturated heterocycles. The van der Waals surface area contributed by atoms with E-state index in [-0.39, 0.29) is 12.1 Å². The number of nitrogens with zero attached hydrogens (tertiary/aromatic N) is 3. The van der Waals surface area contributed by atoms with E-state index in [9.17, 15) is 4.79 Å². The third kappa shape index (κ3) is 4.00. The van der Waals surface area contributed by atoms with Crippen molar-refractivity contribution in [1.82, 2.24) is 20.0 Å². The summed E-state index contributed by atoms with van der Waals surface area (Å²) in [7, 11) is 0. The van der Waals surface area contributed by atoms with Crippen molar-refractivity contribution >= 4 is 6.03 Å². The fourth-order valence-corrected chi connectivity index (χ4v) is 4.13. The highest BCUT2D eigenvalue weighted by Gasteiger charge is 2.37. The molecule has 1 N–H and O–H groups in total. The second-order valence-electron chi connectivity index (χ2n) is 7.82. The Morgan fingerprint density at radius 1 is 1.15 bits per heavy atom. The van der Waals surface area contributed by atoms with Crippen molar-refractivity contribution in [3.63, 3.8) is 0 Å². The van der Waals surface area contributed by atoms with Gasteiger partial charge in [0.15, 0.2) is 0 Å². The zero-order valence-electron chi connectivity index (χ0n) is 15.9. The number of carbonyl (C=O) groups excluding carboxylic acids is 1. The Labute approximate surface area is 160 Å². The quantitative estimate of drug-likeness (QED) is 0.901. The van der Waals surface area contributed by atoms with Gasteiger partial charge in [0.2, 0.25) is 0 Å². The van der Waals surface area contributed by atoms with Gasteiger partial charge >= 0.3 is 6.03 Å². The minimum Gasteiger partial charge on any atom is -0.381 e. The molecule has 1 unspecified atom stereocenters. The van der Waals surface area contributed by atoms with Crippen LogP contribution in [0.25, 0.3) is 5.69 Å². The molecule has 2 amide bonds. The Hall–Kier alpha value is -2.34. The number of piperidine rings is 1. The SMILES string of the molecule is CC(NC(=O)N1CCC2(CCOCC2)CC1)c1cnn(-c2ccccc2)c1. The molecule has 27 heavy (non-hydrogen) atoms. The van der Waals surface area contributed by atoms with Crippen LogP contribution < -0.4 is 5.32 Å². The number of nitrogens with one attached hydrogen (secondary N) is 1.